The van der Waals surface area contributed by atoms with Gasteiger partial charge in [0.15, 0.2) is 0 Å². The summed E-state index contributed by atoms with van der Waals surface area (Å²) in [5.41, 5.74) is 7.56. The van der Waals surface area contributed by atoms with Crippen LogP contribution >= 0.6 is 0 Å². The number of carbonyl (C=O) groups excluding carboxylic acids is 1. The summed E-state index contributed by atoms with van der Waals surface area (Å²) < 4.78 is 5.15. The van der Waals surface area contributed by atoms with Gasteiger partial charge in [-0.15, -0.1) is 0 Å². The van der Waals surface area contributed by atoms with E-state index in [2.05, 4.69) is 5.32 Å². The zero-order valence-corrected chi connectivity index (χ0v) is 12.9. The fourth-order valence-electron chi connectivity index (χ4n) is 2.04. The van der Waals surface area contributed by atoms with Gasteiger partial charge in [0.25, 0.3) is 0 Å². The summed E-state index contributed by atoms with van der Waals surface area (Å²) in [6.07, 6.45) is 2.80. The molecule has 112 valence electrons. The highest BCUT2D eigenvalue weighted by Crippen LogP contribution is 2.22. The number of benzene rings is 1. The number of carbonyl (C=O) groups is 1. The van der Waals surface area contributed by atoms with E-state index >= 15 is 0 Å². The van der Waals surface area contributed by atoms with Crippen molar-refractivity contribution in [2.45, 2.75) is 46.1 Å². The van der Waals surface area contributed by atoms with E-state index in [9.17, 15) is 4.79 Å². The molecular formula is C16H26N2O2. The first-order valence-corrected chi connectivity index (χ1v) is 7.15. The van der Waals surface area contributed by atoms with Gasteiger partial charge in [-0.3, -0.25) is 4.79 Å². The second-order valence-electron chi connectivity index (χ2n) is 5.48. The molecule has 0 radical (unpaired) electrons. The lowest BCUT2D eigenvalue weighted by atomic mass is 10.0. The zero-order chi connectivity index (χ0) is 15.1. The zero-order valence-electron chi connectivity index (χ0n) is 12.9. The van der Waals surface area contributed by atoms with Gasteiger partial charge < -0.3 is 15.8 Å². The lowest BCUT2D eigenvalue weighted by Crippen LogP contribution is -2.22. The van der Waals surface area contributed by atoms with Crippen molar-refractivity contribution in [1.82, 2.24) is 0 Å². The summed E-state index contributed by atoms with van der Waals surface area (Å²) in [5, 5.41) is 2.97. The number of nitrogens with two attached hydrogens (primary N) is 1. The molecule has 0 bridgehead atoms. The maximum Gasteiger partial charge on any atom is 0.227 e. The van der Waals surface area contributed by atoms with Gasteiger partial charge in [0, 0.05) is 17.6 Å². The molecule has 0 aliphatic carbocycles. The SMILES string of the molecule is COc1ccc(NC(=O)C(C)CCCC(C)N)c(C)c1. The molecule has 4 nitrogen and oxygen atoms in total. The fourth-order valence-corrected chi connectivity index (χ4v) is 2.04. The van der Waals surface area contributed by atoms with E-state index in [-0.39, 0.29) is 17.9 Å². The third-order valence-corrected chi connectivity index (χ3v) is 3.44. The molecule has 3 N–H and O–H groups in total. The van der Waals surface area contributed by atoms with Crippen molar-refractivity contribution in [2.75, 3.05) is 12.4 Å². The second-order valence-corrected chi connectivity index (χ2v) is 5.48. The normalized spacial score (nSPS) is 13.7. The van der Waals surface area contributed by atoms with Crippen LogP contribution < -0.4 is 15.8 Å². The van der Waals surface area contributed by atoms with Crippen molar-refractivity contribution < 1.29 is 9.53 Å². The van der Waals surface area contributed by atoms with Gasteiger partial charge in [-0.2, -0.15) is 0 Å². The Balaban J connectivity index is 2.52. The van der Waals surface area contributed by atoms with Crippen LogP contribution in [0.25, 0.3) is 0 Å². The van der Waals surface area contributed by atoms with Crippen LogP contribution in [0.5, 0.6) is 5.75 Å². The Labute approximate surface area is 121 Å². The molecule has 0 spiro atoms. The molecule has 0 aliphatic heterocycles. The van der Waals surface area contributed by atoms with E-state index in [1.807, 2.05) is 39.0 Å². The van der Waals surface area contributed by atoms with Crippen molar-refractivity contribution >= 4 is 11.6 Å². The second kappa shape index (κ2) is 7.90. The van der Waals surface area contributed by atoms with Crippen LogP contribution in [-0.2, 0) is 4.79 Å². The first-order valence-electron chi connectivity index (χ1n) is 7.15. The van der Waals surface area contributed by atoms with E-state index < -0.39 is 0 Å². The van der Waals surface area contributed by atoms with Gasteiger partial charge >= 0.3 is 0 Å². The minimum absolute atomic E-state index is 0.00440. The number of nitrogens with one attached hydrogen (secondary N) is 1. The molecule has 1 rings (SSSR count). The first-order chi connectivity index (χ1) is 9.43. The van der Waals surface area contributed by atoms with Crippen molar-refractivity contribution in [3.05, 3.63) is 23.8 Å². The molecule has 0 saturated carbocycles. The van der Waals surface area contributed by atoms with Crippen molar-refractivity contribution in [1.29, 1.82) is 0 Å². The molecule has 0 aromatic heterocycles. The average molecular weight is 278 g/mol. The number of ether oxygens (including phenoxy) is 1. The Bertz CT molecular complexity index is 444. The number of rotatable bonds is 7. The Morgan fingerprint density at radius 2 is 2.05 bits per heavy atom. The number of amides is 1. The van der Waals surface area contributed by atoms with Gasteiger partial charge in [-0.05, 0) is 50.5 Å². The van der Waals surface area contributed by atoms with Gasteiger partial charge in [0.1, 0.15) is 5.75 Å². The predicted octanol–water partition coefficient (Wildman–Crippen LogP) is 3.10. The quantitative estimate of drug-likeness (QED) is 0.805. The van der Waals surface area contributed by atoms with Crippen LogP contribution in [0.3, 0.4) is 0 Å². The van der Waals surface area contributed by atoms with E-state index in [1.54, 1.807) is 7.11 Å². The predicted molar refractivity (Wildman–Crippen MR) is 83.0 cm³/mol. The third-order valence-electron chi connectivity index (χ3n) is 3.44. The summed E-state index contributed by atoms with van der Waals surface area (Å²) in [6.45, 7) is 5.90. The third kappa shape index (κ3) is 5.21. The van der Waals surface area contributed by atoms with Crippen molar-refractivity contribution in [3.63, 3.8) is 0 Å². The number of methoxy groups -OCH3 is 1. The van der Waals surface area contributed by atoms with Crippen molar-refractivity contribution in [2.24, 2.45) is 11.7 Å². The van der Waals surface area contributed by atoms with Crippen LogP contribution in [0.2, 0.25) is 0 Å². The van der Waals surface area contributed by atoms with Crippen LogP contribution in [0.4, 0.5) is 5.69 Å². The van der Waals surface area contributed by atoms with E-state index in [0.717, 1.165) is 36.3 Å². The summed E-state index contributed by atoms with van der Waals surface area (Å²) in [4.78, 5) is 12.1. The molecule has 2 unspecified atom stereocenters. The highest BCUT2D eigenvalue weighted by Gasteiger charge is 2.14. The Morgan fingerprint density at radius 1 is 1.35 bits per heavy atom. The molecule has 0 heterocycles. The number of hydrogen-bond donors (Lipinski definition) is 2. The maximum absolute atomic E-state index is 12.1. The average Bonchev–Trinajstić information content (AvgIpc) is 2.40. The molecule has 0 aliphatic rings. The largest absolute Gasteiger partial charge is 0.497 e. The fraction of sp³-hybridized carbons (Fsp3) is 0.562. The van der Waals surface area contributed by atoms with Crippen LogP contribution in [0.1, 0.15) is 38.7 Å². The molecule has 1 amide bonds. The van der Waals surface area contributed by atoms with E-state index in [1.165, 1.54) is 0 Å². The van der Waals surface area contributed by atoms with E-state index in [4.69, 9.17) is 10.5 Å². The number of aryl methyl sites for hydroxylation is 1. The monoisotopic (exact) mass is 278 g/mol. The van der Waals surface area contributed by atoms with E-state index in [0.29, 0.717) is 0 Å². The Hall–Kier alpha value is -1.55. The smallest absolute Gasteiger partial charge is 0.227 e. The molecule has 1 aromatic rings. The molecular weight excluding hydrogens is 252 g/mol. The molecule has 0 saturated heterocycles. The standard InChI is InChI=1S/C16H26N2O2/c1-11(6-5-7-13(3)17)16(19)18-15-9-8-14(20-4)10-12(15)2/h8-11,13H,5-7,17H2,1-4H3,(H,18,19). The molecule has 1 aromatic carbocycles. The lowest BCUT2D eigenvalue weighted by Gasteiger charge is -2.14. The topological polar surface area (TPSA) is 64.3 Å². The van der Waals surface area contributed by atoms with Crippen molar-refractivity contribution in [3.8, 4) is 5.75 Å². The lowest BCUT2D eigenvalue weighted by molar-refractivity contribution is -0.119. The van der Waals surface area contributed by atoms with Gasteiger partial charge in [-0.25, -0.2) is 0 Å². The highest BCUT2D eigenvalue weighted by molar-refractivity contribution is 5.93. The maximum atomic E-state index is 12.1. The summed E-state index contributed by atoms with van der Waals surface area (Å²) in [5.74, 6) is 0.851. The summed E-state index contributed by atoms with van der Waals surface area (Å²) in [6, 6.07) is 5.84. The van der Waals surface area contributed by atoms with Gasteiger partial charge in [0.05, 0.1) is 7.11 Å². The Morgan fingerprint density at radius 3 is 2.60 bits per heavy atom. The number of anilines is 1. The first kappa shape index (κ1) is 16.5. The summed E-state index contributed by atoms with van der Waals surface area (Å²) >= 11 is 0. The van der Waals surface area contributed by atoms with Crippen LogP contribution in [-0.4, -0.2) is 19.1 Å². The molecule has 4 heteroatoms. The molecule has 0 fully saturated rings. The minimum atomic E-state index is -0.00440. The number of hydrogen-bond acceptors (Lipinski definition) is 3. The Kier molecular flexibility index (Phi) is 6.52. The van der Waals surface area contributed by atoms with Gasteiger partial charge in [-0.1, -0.05) is 13.3 Å². The van der Waals surface area contributed by atoms with Crippen LogP contribution in [0.15, 0.2) is 18.2 Å². The summed E-state index contributed by atoms with van der Waals surface area (Å²) in [7, 11) is 1.63. The van der Waals surface area contributed by atoms with Gasteiger partial charge in [0.2, 0.25) is 5.91 Å². The van der Waals surface area contributed by atoms with Crippen LogP contribution in [0, 0.1) is 12.8 Å². The molecule has 2 atom stereocenters. The minimum Gasteiger partial charge on any atom is -0.497 e. The highest BCUT2D eigenvalue weighted by atomic mass is 16.5. The molecule has 20 heavy (non-hydrogen) atoms.